The van der Waals surface area contributed by atoms with Gasteiger partial charge in [0.15, 0.2) is 11.7 Å². The van der Waals surface area contributed by atoms with Crippen molar-refractivity contribution < 1.29 is 14.3 Å². The summed E-state index contributed by atoms with van der Waals surface area (Å²) in [6, 6.07) is 13.7. The molecule has 3 rings (SSSR count). The van der Waals surface area contributed by atoms with E-state index in [0.29, 0.717) is 17.5 Å². The summed E-state index contributed by atoms with van der Waals surface area (Å²) >= 11 is 1.42. The highest BCUT2D eigenvalue weighted by Crippen LogP contribution is 2.36. The van der Waals surface area contributed by atoms with E-state index in [2.05, 4.69) is 57.1 Å². The van der Waals surface area contributed by atoms with E-state index in [1.54, 1.807) is 0 Å². The number of hydrogen-bond donors (Lipinski definition) is 1. The van der Waals surface area contributed by atoms with Crippen LogP contribution in [-0.4, -0.2) is 24.1 Å². The van der Waals surface area contributed by atoms with Crippen LogP contribution in [0.3, 0.4) is 0 Å². The van der Waals surface area contributed by atoms with Crippen molar-refractivity contribution in [1.29, 1.82) is 0 Å². The first-order chi connectivity index (χ1) is 14.6. The van der Waals surface area contributed by atoms with Gasteiger partial charge in [-0.3, -0.25) is 10.1 Å². The van der Waals surface area contributed by atoms with E-state index in [0.717, 1.165) is 22.4 Å². The summed E-state index contributed by atoms with van der Waals surface area (Å²) in [5.74, 6) is 1.24. The molecule has 0 fully saturated rings. The molecule has 0 aliphatic rings. The zero-order chi connectivity index (χ0) is 22.6. The number of ether oxygens (including phenoxy) is 2. The Balaban J connectivity index is 1.56. The van der Waals surface area contributed by atoms with Crippen LogP contribution < -0.4 is 14.8 Å². The molecule has 166 valence electrons. The molecule has 0 aliphatic heterocycles. The number of carbonyl (C=O) groups excluding carboxylic acids is 1. The molecule has 1 N–H and O–H groups in total. The maximum atomic E-state index is 12.3. The molecule has 0 aliphatic carbocycles. The van der Waals surface area contributed by atoms with E-state index >= 15 is 0 Å². The Morgan fingerprint density at radius 3 is 2.32 bits per heavy atom. The molecular formula is C25H32N2O3S. The van der Waals surface area contributed by atoms with E-state index in [4.69, 9.17) is 9.47 Å². The molecule has 2 aromatic carbocycles. The summed E-state index contributed by atoms with van der Waals surface area (Å²) in [5, 5.41) is 3.37. The molecule has 0 unspecified atom stereocenters. The van der Waals surface area contributed by atoms with Gasteiger partial charge in [-0.25, -0.2) is 4.98 Å². The molecule has 1 aromatic heterocycles. The van der Waals surface area contributed by atoms with Gasteiger partial charge in [-0.05, 0) is 60.1 Å². The lowest BCUT2D eigenvalue weighted by Gasteiger charge is -2.33. The van der Waals surface area contributed by atoms with Crippen LogP contribution in [0.4, 0.5) is 5.13 Å². The average molecular weight is 441 g/mol. The van der Waals surface area contributed by atoms with Gasteiger partial charge in [-0.1, -0.05) is 58.1 Å². The molecule has 0 spiro atoms. The minimum absolute atomic E-state index is 0.0646. The number of rotatable bonds is 8. The van der Waals surface area contributed by atoms with Crippen LogP contribution in [0.2, 0.25) is 0 Å². The van der Waals surface area contributed by atoms with Crippen LogP contribution >= 0.6 is 11.3 Å². The van der Waals surface area contributed by atoms with Gasteiger partial charge in [-0.15, -0.1) is 0 Å². The summed E-state index contributed by atoms with van der Waals surface area (Å²) in [7, 11) is 0. The SMILES string of the molecule is CCOc1ccc2nc(NC(=O)COc3ccc(C(C)(C)CC(C)(C)C)cc3)sc2c1. The minimum Gasteiger partial charge on any atom is -0.494 e. The van der Waals surface area contributed by atoms with E-state index in [9.17, 15) is 4.79 Å². The molecule has 6 heteroatoms. The monoisotopic (exact) mass is 440 g/mol. The Kier molecular flexibility index (Phi) is 6.90. The highest BCUT2D eigenvalue weighted by Gasteiger charge is 2.27. The first-order valence-corrected chi connectivity index (χ1v) is 11.4. The Bertz CT molecular complexity index is 1030. The molecule has 1 heterocycles. The highest BCUT2D eigenvalue weighted by molar-refractivity contribution is 7.22. The van der Waals surface area contributed by atoms with E-state index in [1.807, 2.05) is 37.3 Å². The van der Waals surface area contributed by atoms with E-state index < -0.39 is 0 Å². The fourth-order valence-electron chi connectivity index (χ4n) is 3.95. The zero-order valence-electron chi connectivity index (χ0n) is 19.2. The highest BCUT2D eigenvalue weighted by atomic mass is 32.1. The number of aromatic nitrogens is 1. The van der Waals surface area contributed by atoms with Crippen LogP contribution in [0.5, 0.6) is 11.5 Å². The normalized spacial score (nSPS) is 12.1. The predicted molar refractivity (Wildman–Crippen MR) is 128 cm³/mol. The summed E-state index contributed by atoms with van der Waals surface area (Å²) in [6.07, 6.45) is 1.08. The third-order valence-corrected chi connectivity index (χ3v) is 5.83. The minimum atomic E-state index is -0.235. The third-order valence-electron chi connectivity index (χ3n) is 4.90. The van der Waals surface area contributed by atoms with Crippen molar-refractivity contribution in [2.45, 2.75) is 53.4 Å². The molecule has 0 atom stereocenters. The Morgan fingerprint density at radius 2 is 1.68 bits per heavy atom. The van der Waals surface area contributed by atoms with Crippen molar-refractivity contribution in [3.05, 3.63) is 48.0 Å². The molecule has 0 saturated heterocycles. The average Bonchev–Trinajstić information content (AvgIpc) is 3.06. The van der Waals surface area contributed by atoms with Crippen LogP contribution in [0.15, 0.2) is 42.5 Å². The Labute approximate surface area is 188 Å². The molecule has 31 heavy (non-hydrogen) atoms. The number of amides is 1. The molecule has 5 nitrogen and oxygen atoms in total. The van der Waals surface area contributed by atoms with E-state index in [-0.39, 0.29) is 23.3 Å². The summed E-state index contributed by atoms with van der Waals surface area (Å²) in [4.78, 5) is 16.8. The quantitative estimate of drug-likeness (QED) is 0.439. The predicted octanol–water partition coefficient (Wildman–Crippen LogP) is 6.43. The number of carbonyl (C=O) groups is 1. The number of nitrogens with zero attached hydrogens (tertiary/aromatic N) is 1. The zero-order valence-corrected chi connectivity index (χ0v) is 20.1. The van der Waals surface area contributed by atoms with Gasteiger partial charge in [0.05, 0.1) is 16.8 Å². The van der Waals surface area contributed by atoms with Crippen molar-refractivity contribution in [3.63, 3.8) is 0 Å². The third kappa shape index (κ3) is 6.44. The van der Waals surface area contributed by atoms with Gasteiger partial charge in [0.1, 0.15) is 11.5 Å². The first-order valence-electron chi connectivity index (χ1n) is 10.6. The number of anilines is 1. The van der Waals surface area contributed by atoms with Crippen LogP contribution in [-0.2, 0) is 10.2 Å². The van der Waals surface area contributed by atoms with Crippen molar-refractivity contribution in [2.75, 3.05) is 18.5 Å². The molecule has 3 aromatic rings. The Hall–Kier alpha value is -2.60. The second-order valence-corrected chi connectivity index (χ2v) is 10.6. The lowest BCUT2D eigenvalue weighted by Crippen LogP contribution is -2.24. The summed E-state index contributed by atoms with van der Waals surface area (Å²) in [6.45, 7) is 13.8. The topological polar surface area (TPSA) is 60.5 Å². The standard InChI is InChI=1S/C25H32N2O3S/c1-7-29-19-12-13-20-21(14-19)31-23(26-20)27-22(28)15-30-18-10-8-17(9-11-18)25(5,6)16-24(2,3)4/h8-14H,7,15-16H2,1-6H3,(H,26,27,28). The number of thiazole rings is 1. The van der Waals surface area contributed by atoms with Gasteiger partial charge < -0.3 is 9.47 Å². The van der Waals surface area contributed by atoms with Crippen molar-refractivity contribution >= 4 is 32.6 Å². The van der Waals surface area contributed by atoms with Crippen LogP contribution in [0, 0.1) is 5.41 Å². The second kappa shape index (κ2) is 9.27. The number of nitrogens with one attached hydrogen (secondary N) is 1. The van der Waals surface area contributed by atoms with Crippen molar-refractivity contribution in [1.82, 2.24) is 4.98 Å². The van der Waals surface area contributed by atoms with Gasteiger partial charge in [-0.2, -0.15) is 0 Å². The maximum Gasteiger partial charge on any atom is 0.264 e. The molecular weight excluding hydrogens is 408 g/mol. The molecule has 0 saturated carbocycles. The van der Waals surface area contributed by atoms with Crippen LogP contribution in [0.1, 0.15) is 53.5 Å². The van der Waals surface area contributed by atoms with Gasteiger partial charge in [0, 0.05) is 0 Å². The largest absolute Gasteiger partial charge is 0.494 e. The molecule has 0 radical (unpaired) electrons. The lowest BCUT2D eigenvalue weighted by molar-refractivity contribution is -0.118. The summed E-state index contributed by atoms with van der Waals surface area (Å²) in [5.41, 5.74) is 2.42. The maximum absolute atomic E-state index is 12.3. The Morgan fingerprint density at radius 1 is 1.00 bits per heavy atom. The lowest BCUT2D eigenvalue weighted by atomic mass is 9.72. The smallest absolute Gasteiger partial charge is 0.264 e. The van der Waals surface area contributed by atoms with Crippen LogP contribution in [0.25, 0.3) is 10.2 Å². The van der Waals surface area contributed by atoms with E-state index in [1.165, 1.54) is 16.9 Å². The van der Waals surface area contributed by atoms with Gasteiger partial charge >= 0.3 is 0 Å². The second-order valence-electron chi connectivity index (χ2n) is 9.56. The first kappa shape index (κ1) is 23.1. The number of hydrogen-bond acceptors (Lipinski definition) is 5. The molecule has 1 amide bonds. The number of fused-ring (bicyclic) bond motifs is 1. The fraction of sp³-hybridized carbons (Fsp3) is 0.440. The summed E-state index contributed by atoms with van der Waals surface area (Å²) < 4.78 is 12.2. The fourth-order valence-corrected chi connectivity index (χ4v) is 4.86. The van der Waals surface area contributed by atoms with Crippen molar-refractivity contribution in [3.8, 4) is 11.5 Å². The molecule has 0 bridgehead atoms. The van der Waals surface area contributed by atoms with Gasteiger partial charge in [0.2, 0.25) is 0 Å². The van der Waals surface area contributed by atoms with Crippen molar-refractivity contribution in [2.24, 2.45) is 5.41 Å². The number of benzene rings is 2. The van der Waals surface area contributed by atoms with Gasteiger partial charge in [0.25, 0.3) is 5.91 Å².